The van der Waals surface area contributed by atoms with E-state index in [4.69, 9.17) is 0 Å². The van der Waals surface area contributed by atoms with Crippen molar-refractivity contribution in [1.82, 2.24) is 9.88 Å². The molecule has 0 amide bonds. The summed E-state index contributed by atoms with van der Waals surface area (Å²) in [7, 11) is 2.12. The maximum Gasteiger partial charge on any atom is 0.0294 e. The Morgan fingerprint density at radius 3 is 2.39 bits per heavy atom. The number of nitrogens with zero attached hydrogens (tertiary/aromatic N) is 1. The number of benzene rings is 1. The van der Waals surface area contributed by atoms with E-state index < -0.39 is 0 Å². The van der Waals surface area contributed by atoms with Crippen molar-refractivity contribution in [3.63, 3.8) is 0 Å². The van der Waals surface area contributed by atoms with Crippen molar-refractivity contribution >= 4 is 0 Å². The second-order valence-electron chi connectivity index (χ2n) is 4.97. The minimum Gasteiger partial charge on any atom is -0.352 e. The first-order valence-electron chi connectivity index (χ1n) is 6.49. The molecule has 18 heavy (non-hydrogen) atoms. The highest BCUT2D eigenvalue weighted by molar-refractivity contribution is 5.26. The molecule has 0 aliphatic rings. The van der Waals surface area contributed by atoms with Gasteiger partial charge >= 0.3 is 0 Å². The SMILES string of the molecule is Cc1cc(CN[C@H](C)c2ccccc2)c(C)n1C. The molecule has 1 atom stereocenters. The maximum absolute atomic E-state index is 3.58. The topological polar surface area (TPSA) is 17.0 Å². The van der Waals surface area contributed by atoms with Gasteiger partial charge in [-0.2, -0.15) is 0 Å². The summed E-state index contributed by atoms with van der Waals surface area (Å²) < 4.78 is 2.24. The molecule has 0 aliphatic heterocycles. The van der Waals surface area contributed by atoms with Gasteiger partial charge in [0.05, 0.1) is 0 Å². The van der Waals surface area contributed by atoms with Gasteiger partial charge in [0.15, 0.2) is 0 Å². The maximum atomic E-state index is 3.58. The molecular formula is C16H22N2. The fourth-order valence-corrected chi connectivity index (χ4v) is 2.23. The average Bonchev–Trinajstić information content (AvgIpc) is 2.64. The van der Waals surface area contributed by atoms with E-state index in [0.29, 0.717) is 6.04 Å². The molecule has 0 saturated heterocycles. The highest BCUT2D eigenvalue weighted by Crippen LogP contribution is 2.16. The molecule has 2 heteroatoms. The van der Waals surface area contributed by atoms with Gasteiger partial charge in [-0.25, -0.2) is 0 Å². The van der Waals surface area contributed by atoms with Gasteiger partial charge < -0.3 is 9.88 Å². The van der Waals surface area contributed by atoms with E-state index in [2.05, 4.69) is 74.1 Å². The summed E-state index contributed by atoms with van der Waals surface area (Å²) in [4.78, 5) is 0. The van der Waals surface area contributed by atoms with Crippen LogP contribution >= 0.6 is 0 Å². The predicted octanol–water partition coefficient (Wildman–Crippen LogP) is 3.49. The van der Waals surface area contributed by atoms with Crippen LogP contribution in [0.25, 0.3) is 0 Å². The molecule has 0 spiro atoms. The van der Waals surface area contributed by atoms with Crippen molar-refractivity contribution in [1.29, 1.82) is 0 Å². The standard InChI is InChI=1S/C16H22N2/c1-12-10-16(14(3)18(12)4)11-17-13(2)15-8-6-5-7-9-15/h5-10,13,17H,11H2,1-4H3/t13-/m1/s1. The van der Waals surface area contributed by atoms with Crippen LogP contribution in [0.4, 0.5) is 0 Å². The van der Waals surface area contributed by atoms with Gasteiger partial charge in [-0.15, -0.1) is 0 Å². The first kappa shape index (κ1) is 12.9. The van der Waals surface area contributed by atoms with Gasteiger partial charge in [0, 0.05) is 31.0 Å². The summed E-state index contributed by atoms with van der Waals surface area (Å²) in [6.45, 7) is 7.46. The fraction of sp³-hybridized carbons (Fsp3) is 0.375. The van der Waals surface area contributed by atoms with E-state index in [-0.39, 0.29) is 0 Å². The molecule has 0 unspecified atom stereocenters. The van der Waals surface area contributed by atoms with E-state index in [9.17, 15) is 0 Å². The smallest absolute Gasteiger partial charge is 0.0294 e. The van der Waals surface area contributed by atoms with Crippen molar-refractivity contribution in [2.75, 3.05) is 0 Å². The number of hydrogen-bond acceptors (Lipinski definition) is 1. The zero-order valence-electron chi connectivity index (χ0n) is 11.7. The molecule has 0 radical (unpaired) electrons. The first-order valence-corrected chi connectivity index (χ1v) is 6.49. The largest absolute Gasteiger partial charge is 0.352 e. The lowest BCUT2D eigenvalue weighted by Crippen LogP contribution is -2.18. The van der Waals surface area contributed by atoms with Gasteiger partial charge in [0.2, 0.25) is 0 Å². The van der Waals surface area contributed by atoms with Crippen LogP contribution in [0.5, 0.6) is 0 Å². The molecule has 2 rings (SSSR count). The summed E-state index contributed by atoms with van der Waals surface area (Å²) in [5, 5.41) is 3.58. The average molecular weight is 242 g/mol. The second-order valence-corrected chi connectivity index (χ2v) is 4.97. The first-order chi connectivity index (χ1) is 8.59. The molecular weight excluding hydrogens is 220 g/mol. The summed E-state index contributed by atoms with van der Waals surface area (Å²) in [5.41, 5.74) is 5.39. The molecule has 96 valence electrons. The summed E-state index contributed by atoms with van der Waals surface area (Å²) in [6, 6.07) is 13.2. The van der Waals surface area contributed by atoms with Crippen LogP contribution in [0.2, 0.25) is 0 Å². The lowest BCUT2D eigenvalue weighted by atomic mass is 10.1. The quantitative estimate of drug-likeness (QED) is 0.868. The molecule has 0 aliphatic carbocycles. The molecule has 0 bridgehead atoms. The number of aromatic nitrogens is 1. The Morgan fingerprint density at radius 2 is 1.83 bits per heavy atom. The van der Waals surface area contributed by atoms with Gasteiger partial charge in [-0.05, 0) is 38.0 Å². The van der Waals surface area contributed by atoms with Crippen molar-refractivity contribution in [2.24, 2.45) is 7.05 Å². The Labute approximate surface area is 110 Å². The fourth-order valence-electron chi connectivity index (χ4n) is 2.23. The van der Waals surface area contributed by atoms with Crippen LogP contribution in [0, 0.1) is 13.8 Å². The molecule has 0 fully saturated rings. The number of nitrogens with one attached hydrogen (secondary N) is 1. The highest BCUT2D eigenvalue weighted by Gasteiger charge is 2.08. The molecule has 1 N–H and O–H groups in total. The van der Waals surface area contributed by atoms with Gasteiger partial charge in [0.1, 0.15) is 0 Å². The van der Waals surface area contributed by atoms with E-state index >= 15 is 0 Å². The molecule has 1 aromatic heterocycles. The Kier molecular flexibility index (Phi) is 3.87. The van der Waals surface area contributed by atoms with Crippen LogP contribution in [0.1, 0.15) is 35.5 Å². The summed E-state index contributed by atoms with van der Waals surface area (Å²) in [6.07, 6.45) is 0. The van der Waals surface area contributed by atoms with Crippen molar-refractivity contribution < 1.29 is 0 Å². The molecule has 2 aromatic rings. The van der Waals surface area contributed by atoms with Gasteiger partial charge in [0.25, 0.3) is 0 Å². The van der Waals surface area contributed by atoms with Gasteiger partial charge in [-0.3, -0.25) is 0 Å². The van der Waals surface area contributed by atoms with Crippen LogP contribution in [-0.4, -0.2) is 4.57 Å². The zero-order chi connectivity index (χ0) is 13.1. The van der Waals surface area contributed by atoms with E-state index in [1.54, 1.807) is 0 Å². The predicted molar refractivity (Wildman–Crippen MR) is 76.6 cm³/mol. The lowest BCUT2D eigenvalue weighted by molar-refractivity contribution is 0.572. The normalized spacial score (nSPS) is 12.7. The monoisotopic (exact) mass is 242 g/mol. The van der Waals surface area contributed by atoms with E-state index in [0.717, 1.165) is 6.54 Å². The number of hydrogen-bond donors (Lipinski definition) is 1. The third-order valence-corrected chi connectivity index (χ3v) is 3.78. The Morgan fingerprint density at radius 1 is 1.17 bits per heavy atom. The Balaban J connectivity index is 2.02. The molecule has 0 saturated carbocycles. The summed E-state index contributed by atoms with van der Waals surface area (Å²) in [5.74, 6) is 0. The van der Waals surface area contributed by atoms with Crippen molar-refractivity contribution in [2.45, 2.75) is 33.4 Å². The minimum absolute atomic E-state index is 0.381. The van der Waals surface area contributed by atoms with Crippen molar-refractivity contribution in [3.05, 3.63) is 58.9 Å². The molecule has 2 nitrogen and oxygen atoms in total. The second kappa shape index (κ2) is 5.40. The van der Waals surface area contributed by atoms with Crippen LogP contribution < -0.4 is 5.32 Å². The third kappa shape index (κ3) is 2.65. The number of rotatable bonds is 4. The van der Waals surface area contributed by atoms with E-state index in [1.165, 1.54) is 22.5 Å². The third-order valence-electron chi connectivity index (χ3n) is 3.78. The number of aryl methyl sites for hydroxylation is 1. The lowest BCUT2D eigenvalue weighted by Gasteiger charge is -2.14. The van der Waals surface area contributed by atoms with Crippen LogP contribution in [-0.2, 0) is 13.6 Å². The minimum atomic E-state index is 0.381. The summed E-state index contributed by atoms with van der Waals surface area (Å²) >= 11 is 0. The zero-order valence-corrected chi connectivity index (χ0v) is 11.7. The Bertz CT molecular complexity index is 511. The Hall–Kier alpha value is -1.54. The van der Waals surface area contributed by atoms with Crippen molar-refractivity contribution in [3.8, 4) is 0 Å². The van der Waals surface area contributed by atoms with Crippen LogP contribution in [0.15, 0.2) is 36.4 Å². The van der Waals surface area contributed by atoms with Gasteiger partial charge in [-0.1, -0.05) is 30.3 Å². The highest BCUT2D eigenvalue weighted by atomic mass is 15.0. The van der Waals surface area contributed by atoms with Crippen LogP contribution in [0.3, 0.4) is 0 Å². The molecule has 1 heterocycles. The molecule has 1 aromatic carbocycles. The van der Waals surface area contributed by atoms with E-state index in [1.807, 2.05) is 0 Å².